The lowest BCUT2D eigenvalue weighted by atomic mass is 10.1. The Morgan fingerprint density at radius 3 is 2.33 bits per heavy atom. The summed E-state index contributed by atoms with van der Waals surface area (Å²) in [6, 6.07) is 5.52. The van der Waals surface area contributed by atoms with Crippen LogP contribution in [0.5, 0.6) is 11.8 Å². The SMILES string of the molecule is COc1ncnc(OC)c1-n1c(NS(=O)(=O)[C@@H](C)[C@H](C)c2ncc(Cl)cn2)nnc1-c1cnn2ccccc12. The Kier molecular flexibility index (Phi) is 7.01. The summed E-state index contributed by atoms with van der Waals surface area (Å²) < 4.78 is 43.8. The maximum Gasteiger partial charge on any atom is 0.245 e. The lowest BCUT2D eigenvalue weighted by Gasteiger charge is -2.20. The topological polar surface area (TPSA) is 164 Å². The molecule has 2 atom stereocenters. The van der Waals surface area contributed by atoms with E-state index >= 15 is 0 Å². The van der Waals surface area contributed by atoms with E-state index in [9.17, 15) is 8.42 Å². The van der Waals surface area contributed by atoms with Crippen molar-refractivity contribution in [3.05, 3.63) is 60.2 Å². The molecule has 1 N–H and O–H groups in total. The molecular weight excluding hydrogens is 548 g/mol. The van der Waals surface area contributed by atoms with Gasteiger partial charge < -0.3 is 9.47 Å². The summed E-state index contributed by atoms with van der Waals surface area (Å²) in [6.45, 7) is 3.25. The molecule has 0 saturated heterocycles. The van der Waals surface area contributed by atoms with E-state index in [2.05, 4.69) is 40.0 Å². The van der Waals surface area contributed by atoms with Crippen molar-refractivity contribution in [3.63, 3.8) is 0 Å². The van der Waals surface area contributed by atoms with E-state index in [1.165, 1.54) is 37.5 Å². The number of ether oxygens (including phenoxy) is 2. The highest BCUT2D eigenvalue weighted by atomic mass is 35.5. The lowest BCUT2D eigenvalue weighted by molar-refractivity contribution is 0.368. The molecule has 0 aliphatic carbocycles. The summed E-state index contributed by atoms with van der Waals surface area (Å²) >= 11 is 5.89. The standard InChI is InChI=1S/C23H23ClN10O4S/c1-13(19-25-9-15(24)10-26-19)14(2)39(35,36)32-23-31-30-20(16-11-29-33-8-6-5-7-17(16)33)34(23)18-21(37-3)27-12-28-22(18)38-4/h5-14H,1-4H3,(H,31,32)/t13-,14-/m0/s1. The number of nitrogens with one attached hydrogen (secondary N) is 1. The molecular formula is C23H23ClN10O4S. The van der Waals surface area contributed by atoms with Crippen LogP contribution in [0.2, 0.25) is 5.02 Å². The number of hydrogen-bond acceptors (Lipinski definition) is 11. The van der Waals surface area contributed by atoms with Gasteiger partial charge in [-0.05, 0) is 19.1 Å². The van der Waals surface area contributed by atoms with Crippen LogP contribution in [0.1, 0.15) is 25.6 Å². The van der Waals surface area contributed by atoms with Crippen LogP contribution < -0.4 is 14.2 Å². The van der Waals surface area contributed by atoms with Crippen molar-refractivity contribution in [3.8, 4) is 28.8 Å². The molecule has 0 saturated carbocycles. The first-order chi connectivity index (χ1) is 18.7. The zero-order chi connectivity index (χ0) is 27.7. The molecule has 0 unspecified atom stereocenters. The first kappa shape index (κ1) is 26.2. The van der Waals surface area contributed by atoms with Crippen LogP contribution >= 0.6 is 11.6 Å². The molecule has 39 heavy (non-hydrogen) atoms. The van der Waals surface area contributed by atoms with Gasteiger partial charge in [0.15, 0.2) is 11.5 Å². The Hall–Kier alpha value is -4.37. The molecule has 5 heterocycles. The van der Waals surface area contributed by atoms with E-state index < -0.39 is 21.2 Å². The van der Waals surface area contributed by atoms with Crippen LogP contribution in [0.3, 0.4) is 0 Å². The normalized spacial score (nSPS) is 13.3. The molecule has 0 radical (unpaired) electrons. The molecule has 16 heteroatoms. The molecule has 202 valence electrons. The molecule has 0 fully saturated rings. The van der Waals surface area contributed by atoms with Gasteiger partial charge in [0.05, 0.1) is 41.8 Å². The van der Waals surface area contributed by atoms with Crippen molar-refractivity contribution in [2.24, 2.45) is 0 Å². The third kappa shape index (κ3) is 4.81. The van der Waals surface area contributed by atoms with Crippen molar-refractivity contribution >= 4 is 33.1 Å². The minimum atomic E-state index is -4.07. The van der Waals surface area contributed by atoms with Gasteiger partial charge in [-0.2, -0.15) is 15.1 Å². The van der Waals surface area contributed by atoms with E-state index in [-0.39, 0.29) is 29.2 Å². The Morgan fingerprint density at radius 1 is 0.974 bits per heavy atom. The van der Waals surface area contributed by atoms with Crippen LogP contribution in [0, 0.1) is 0 Å². The molecule has 0 aliphatic heterocycles. The summed E-state index contributed by atoms with van der Waals surface area (Å²) in [6.07, 6.45) is 7.47. The number of pyridine rings is 1. The van der Waals surface area contributed by atoms with Crippen LogP contribution in [0.4, 0.5) is 5.95 Å². The highest BCUT2D eigenvalue weighted by molar-refractivity contribution is 7.93. The number of anilines is 1. The van der Waals surface area contributed by atoms with Crippen molar-refractivity contribution in [1.29, 1.82) is 0 Å². The van der Waals surface area contributed by atoms with Gasteiger partial charge in [0.2, 0.25) is 27.7 Å². The summed E-state index contributed by atoms with van der Waals surface area (Å²) in [5.41, 5.74) is 1.46. The molecule has 0 aliphatic rings. The zero-order valence-corrected chi connectivity index (χ0v) is 22.8. The van der Waals surface area contributed by atoms with Crippen LogP contribution in [0.15, 0.2) is 49.3 Å². The summed E-state index contributed by atoms with van der Waals surface area (Å²) in [5, 5.41) is 12.3. The van der Waals surface area contributed by atoms with Gasteiger partial charge in [-0.3, -0.25) is 9.29 Å². The minimum absolute atomic E-state index is 0.107. The molecule has 5 aromatic heterocycles. The van der Waals surface area contributed by atoms with Crippen LogP contribution in [0.25, 0.3) is 22.6 Å². The van der Waals surface area contributed by atoms with E-state index in [0.29, 0.717) is 21.9 Å². The summed E-state index contributed by atoms with van der Waals surface area (Å²) in [5.74, 6) is 0.0707. The fourth-order valence-corrected chi connectivity index (χ4v) is 5.27. The third-order valence-corrected chi connectivity index (χ3v) is 8.22. The second kappa shape index (κ2) is 10.4. The van der Waals surface area contributed by atoms with Gasteiger partial charge in [0.25, 0.3) is 0 Å². The average Bonchev–Trinajstić information content (AvgIpc) is 3.55. The second-order valence-corrected chi connectivity index (χ2v) is 10.9. The minimum Gasteiger partial charge on any atom is -0.479 e. The van der Waals surface area contributed by atoms with Crippen LogP contribution in [-0.2, 0) is 10.0 Å². The molecule has 14 nitrogen and oxygen atoms in total. The Bertz CT molecular complexity index is 1720. The van der Waals surface area contributed by atoms with Crippen molar-refractivity contribution in [2.75, 3.05) is 18.9 Å². The van der Waals surface area contributed by atoms with E-state index in [1.807, 2.05) is 18.2 Å². The molecule has 0 spiro atoms. The fraction of sp³-hybridized carbons (Fsp3) is 0.261. The van der Waals surface area contributed by atoms with Gasteiger partial charge in [-0.15, -0.1) is 10.2 Å². The Balaban J connectivity index is 1.65. The van der Waals surface area contributed by atoms with E-state index in [4.69, 9.17) is 21.1 Å². The van der Waals surface area contributed by atoms with Gasteiger partial charge >= 0.3 is 0 Å². The van der Waals surface area contributed by atoms with Crippen molar-refractivity contribution < 1.29 is 17.9 Å². The molecule has 0 aromatic carbocycles. The number of nitrogens with zero attached hydrogens (tertiary/aromatic N) is 9. The predicted molar refractivity (Wildman–Crippen MR) is 142 cm³/mol. The maximum atomic E-state index is 13.6. The number of sulfonamides is 1. The molecule has 0 amide bonds. The first-order valence-corrected chi connectivity index (χ1v) is 13.5. The largest absolute Gasteiger partial charge is 0.479 e. The second-order valence-electron chi connectivity index (χ2n) is 8.41. The first-order valence-electron chi connectivity index (χ1n) is 11.6. The highest BCUT2D eigenvalue weighted by Crippen LogP contribution is 2.36. The van der Waals surface area contributed by atoms with Crippen molar-refractivity contribution in [1.82, 2.24) is 44.3 Å². The number of methoxy groups -OCH3 is 2. The van der Waals surface area contributed by atoms with Crippen molar-refractivity contribution in [2.45, 2.75) is 25.0 Å². The van der Waals surface area contributed by atoms with E-state index in [1.54, 1.807) is 30.8 Å². The maximum absolute atomic E-state index is 13.6. The number of rotatable bonds is 9. The van der Waals surface area contributed by atoms with Gasteiger partial charge in [0.1, 0.15) is 12.2 Å². The lowest BCUT2D eigenvalue weighted by Crippen LogP contribution is -2.31. The van der Waals surface area contributed by atoms with E-state index in [0.717, 1.165) is 0 Å². The number of hydrogen-bond donors (Lipinski definition) is 1. The van der Waals surface area contributed by atoms with Crippen LogP contribution in [-0.4, -0.2) is 72.2 Å². The number of fused-ring (bicyclic) bond motifs is 1. The zero-order valence-electron chi connectivity index (χ0n) is 21.2. The summed E-state index contributed by atoms with van der Waals surface area (Å²) in [7, 11) is -1.23. The molecule has 0 bridgehead atoms. The monoisotopic (exact) mass is 570 g/mol. The smallest absolute Gasteiger partial charge is 0.245 e. The Labute approximate surface area is 228 Å². The number of halogens is 1. The average molecular weight is 571 g/mol. The van der Waals surface area contributed by atoms with Gasteiger partial charge in [0, 0.05) is 24.5 Å². The van der Waals surface area contributed by atoms with Gasteiger partial charge in [-0.25, -0.2) is 22.9 Å². The number of aromatic nitrogens is 9. The summed E-state index contributed by atoms with van der Waals surface area (Å²) in [4.78, 5) is 16.7. The molecule has 5 rings (SSSR count). The third-order valence-electron chi connectivity index (χ3n) is 6.17. The fourth-order valence-electron chi connectivity index (χ4n) is 3.94. The van der Waals surface area contributed by atoms with Gasteiger partial charge in [-0.1, -0.05) is 24.6 Å². The quantitative estimate of drug-likeness (QED) is 0.277. The highest BCUT2D eigenvalue weighted by Gasteiger charge is 2.33. The molecule has 5 aromatic rings. The predicted octanol–water partition coefficient (Wildman–Crippen LogP) is 2.77. The Morgan fingerprint density at radius 2 is 1.67 bits per heavy atom.